The summed E-state index contributed by atoms with van der Waals surface area (Å²) in [5.41, 5.74) is 1.07. The quantitative estimate of drug-likeness (QED) is 0.260. The molecule has 0 atom stereocenters. The number of carbonyl (C=O) groups is 2. The number of nitrogens with one attached hydrogen (secondary N) is 1. The van der Waals surface area contributed by atoms with Gasteiger partial charge < -0.3 is 23.6 Å². The molecule has 4 aromatic rings. The van der Waals surface area contributed by atoms with Crippen molar-refractivity contribution in [3.63, 3.8) is 0 Å². The maximum absolute atomic E-state index is 12.4. The number of amides is 1. The molecule has 0 fully saturated rings. The third-order valence-electron chi connectivity index (χ3n) is 4.93. The monoisotopic (exact) mass is 447 g/mol. The highest BCUT2D eigenvalue weighted by Crippen LogP contribution is 2.23. The second kappa shape index (κ2) is 9.44. The Balaban J connectivity index is 1.43. The van der Waals surface area contributed by atoms with Crippen LogP contribution in [0.15, 0.2) is 74.5 Å². The van der Waals surface area contributed by atoms with Crippen molar-refractivity contribution in [2.75, 3.05) is 6.61 Å². The Hall–Kier alpha value is -4.33. The maximum atomic E-state index is 12.4. The van der Waals surface area contributed by atoms with Crippen LogP contribution in [0, 0.1) is 13.8 Å². The van der Waals surface area contributed by atoms with Gasteiger partial charge in [0, 0.05) is 11.5 Å². The van der Waals surface area contributed by atoms with Crippen molar-refractivity contribution in [1.82, 2.24) is 5.32 Å². The summed E-state index contributed by atoms with van der Waals surface area (Å²) in [4.78, 5) is 36.9. The highest BCUT2D eigenvalue weighted by molar-refractivity contribution is 5.96. The number of benzene rings is 2. The van der Waals surface area contributed by atoms with Gasteiger partial charge in [-0.05, 0) is 55.3 Å². The number of carbonyl (C=O) groups excluding carboxylic acids is 2. The smallest absolute Gasteiger partial charge is 0.349 e. The highest BCUT2D eigenvalue weighted by Gasteiger charge is 2.15. The molecule has 0 spiro atoms. The van der Waals surface area contributed by atoms with Crippen LogP contribution in [-0.4, -0.2) is 18.5 Å². The Morgan fingerprint density at radius 2 is 1.79 bits per heavy atom. The number of para-hydroxylation sites is 1. The number of esters is 1. The second-order valence-electron chi connectivity index (χ2n) is 7.39. The number of furan rings is 1. The summed E-state index contributed by atoms with van der Waals surface area (Å²) in [6, 6.07) is 15.1. The van der Waals surface area contributed by atoms with E-state index in [2.05, 4.69) is 5.32 Å². The fraction of sp³-hybridized carbons (Fsp3) is 0.160. The van der Waals surface area contributed by atoms with Gasteiger partial charge in [0.1, 0.15) is 28.4 Å². The molecule has 0 saturated carbocycles. The summed E-state index contributed by atoms with van der Waals surface area (Å²) in [7, 11) is 0. The van der Waals surface area contributed by atoms with Crippen LogP contribution >= 0.6 is 0 Å². The van der Waals surface area contributed by atoms with Crippen molar-refractivity contribution in [2.45, 2.75) is 20.4 Å². The van der Waals surface area contributed by atoms with Crippen LogP contribution in [0.1, 0.15) is 27.2 Å². The molecule has 8 nitrogen and oxygen atoms in total. The first-order chi connectivity index (χ1) is 15.9. The molecule has 0 radical (unpaired) electrons. The van der Waals surface area contributed by atoms with Crippen LogP contribution in [0.4, 0.5) is 0 Å². The number of rotatable bonds is 7. The molecular weight excluding hydrogens is 426 g/mol. The molecule has 2 heterocycles. The molecule has 1 amide bonds. The Morgan fingerprint density at radius 3 is 2.52 bits per heavy atom. The zero-order chi connectivity index (χ0) is 23.4. The van der Waals surface area contributed by atoms with E-state index in [-0.39, 0.29) is 30.0 Å². The standard InChI is InChI=1S/C25H21NO7/c1-15-5-3-6-16(2)23(15)31-14-22(27)32-18-9-8-17-11-20(25(29)33-21(17)12-18)24(28)26-13-19-7-4-10-30-19/h3-12H,13-14H2,1-2H3,(H,26,28). The second-order valence-corrected chi connectivity index (χ2v) is 7.39. The summed E-state index contributed by atoms with van der Waals surface area (Å²) in [6.45, 7) is 3.65. The molecule has 0 unspecified atom stereocenters. The summed E-state index contributed by atoms with van der Waals surface area (Å²) >= 11 is 0. The summed E-state index contributed by atoms with van der Waals surface area (Å²) in [5.74, 6) is 0.198. The predicted molar refractivity (Wildman–Crippen MR) is 119 cm³/mol. The van der Waals surface area contributed by atoms with Crippen LogP contribution in [-0.2, 0) is 11.3 Å². The molecule has 2 aromatic heterocycles. The van der Waals surface area contributed by atoms with Gasteiger partial charge in [0.25, 0.3) is 5.91 Å². The van der Waals surface area contributed by atoms with Gasteiger partial charge in [-0.1, -0.05) is 18.2 Å². The van der Waals surface area contributed by atoms with Crippen molar-refractivity contribution in [1.29, 1.82) is 0 Å². The average Bonchev–Trinajstić information content (AvgIpc) is 3.30. The molecular formula is C25H21NO7. The third-order valence-corrected chi connectivity index (χ3v) is 4.93. The lowest BCUT2D eigenvalue weighted by atomic mass is 10.1. The van der Waals surface area contributed by atoms with Crippen LogP contribution in [0.25, 0.3) is 11.0 Å². The van der Waals surface area contributed by atoms with Gasteiger partial charge >= 0.3 is 11.6 Å². The topological polar surface area (TPSA) is 108 Å². The minimum Gasteiger partial charge on any atom is -0.481 e. The van der Waals surface area contributed by atoms with Crippen LogP contribution in [0.3, 0.4) is 0 Å². The summed E-state index contributed by atoms with van der Waals surface area (Å²) in [6.07, 6.45) is 1.49. The molecule has 8 heteroatoms. The number of aryl methyl sites for hydroxylation is 2. The van der Waals surface area contributed by atoms with E-state index in [9.17, 15) is 14.4 Å². The summed E-state index contributed by atoms with van der Waals surface area (Å²) < 4.78 is 21.3. The van der Waals surface area contributed by atoms with Gasteiger partial charge in [-0.25, -0.2) is 9.59 Å². The number of fused-ring (bicyclic) bond motifs is 1. The van der Waals surface area contributed by atoms with Crippen LogP contribution < -0.4 is 20.4 Å². The molecule has 0 aliphatic heterocycles. The SMILES string of the molecule is Cc1cccc(C)c1OCC(=O)Oc1ccc2cc(C(=O)NCc3ccco3)c(=O)oc2c1. The molecule has 2 aromatic carbocycles. The average molecular weight is 447 g/mol. The zero-order valence-electron chi connectivity index (χ0n) is 18.0. The van der Waals surface area contributed by atoms with E-state index in [1.165, 1.54) is 18.4 Å². The molecule has 1 N–H and O–H groups in total. The summed E-state index contributed by atoms with van der Waals surface area (Å²) in [5, 5.41) is 3.11. The van der Waals surface area contributed by atoms with E-state index in [4.69, 9.17) is 18.3 Å². The first-order valence-corrected chi connectivity index (χ1v) is 10.2. The molecule has 0 aliphatic carbocycles. The molecule has 0 aliphatic rings. The van der Waals surface area contributed by atoms with E-state index in [1.807, 2.05) is 32.0 Å². The van der Waals surface area contributed by atoms with Gasteiger partial charge in [-0.3, -0.25) is 4.79 Å². The van der Waals surface area contributed by atoms with E-state index < -0.39 is 17.5 Å². The first-order valence-electron chi connectivity index (χ1n) is 10.2. The predicted octanol–water partition coefficient (Wildman–Crippen LogP) is 3.92. The molecule has 0 saturated heterocycles. The zero-order valence-corrected chi connectivity index (χ0v) is 18.0. The van der Waals surface area contributed by atoms with Crippen LogP contribution in [0.5, 0.6) is 11.5 Å². The van der Waals surface area contributed by atoms with Gasteiger partial charge in [0.2, 0.25) is 0 Å². The number of hydrogen-bond donors (Lipinski definition) is 1. The third kappa shape index (κ3) is 5.12. The molecule has 4 rings (SSSR count). The Labute approximate surface area is 188 Å². The number of ether oxygens (including phenoxy) is 2. The molecule has 168 valence electrons. The fourth-order valence-corrected chi connectivity index (χ4v) is 3.31. The van der Waals surface area contributed by atoms with Gasteiger partial charge in [-0.2, -0.15) is 0 Å². The van der Waals surface area contributed by atoms with E-state index >= 15 is 0 Å². The van der Waals surface area contributed by atoms with Crippen molar-refractivity contribution >= 4 is 22.8 Å². The minimum atomic E-state index is -0.804. The van der Waals surface area contributed by atoms with Crippen molar-refractivity contribution in [3.8, 4) is 11.5 Å². The lowest BCUT2D eigenvalue weighted by Gasteiger charge is -2.11. The largest absolute Gasteiger partial charge is 0.481 e. The van der Waals surface area contributed by atoms with Gasteiger partial charge in [0.15, 0.2) is 6.61 Å². The Morgan fingerprint density at radius 1 is 1.00 bits per heavy atom. The fourth-order valence-electron chi connectivity index (χ4n) is 3.31. The van der Waals surface area contributed by atoms with Crippen molar-refractivity contribution in [2.24, 2.45) is 0 Å². The number of hydrogen-bond acceptors (Lipinski definition) is 7. The first kappa shape index (κ1) is 21.9. The van der Waals surface area contributed by atoms with E-state index in [0.717, 1.165) is 11.1 Å². The lowest BCUT2D eigenvalue weighted by molar-refractivity contribution is -0.136. The highest BCUT2D eigenvalue weighted by atomic mass is 16.6. The Kier molecular flexibility index (Phi) is 6.26. The van der Waals surface area contributed by atoms with Gasteiger partial charge in [-0.15, -0.1) is 0 Å². The van der Waals surface area contributed by atoms with Gasteiger partial charge in [0.05, 0.1) is 12.8 Å². The van der Waals surface area contributed by atoms with Crippen molar-refractivity contribution < 1.29 is 27.9 Å². The normalized spacial score (nSPS) is 10.7. The minimum absolute atomic E-state index is 0.138. The maximum Gasteiger partial charge on any atom is 0.349 e. The molecule has 0 bridgehead atoms. The Bertz CT molecular complexity index is 1350. The lowest BCUT2D eigenvalue weighted by Crippen LogP contribution is -2.27. The van der Waals surface area contributed by atoms with E-state index in [1.54, 1.807) is 24.3 Å². The van der Waals surface area contributed by atoms with E-state index in [0.29, 0.717) is 16.9 Å². The van der Waals surface area contributed by atoms with Crippen molar-refractivity contribution in [3.05, 3.63) is 93.7 Å². The molecule has 33 heavy (non-hydrogen) atoms. The van der Waals surface area contributed by atoms with Crippen LogP contribution in [0.2, 0.25) is 0 Å².